The first kappa shape index (κ1) is 14.9. The van der Waals surface area contributed by atoms with Gasteiger partial charge in [-0.15, -0.1) is 0 Å². The number of hydrogen-bond donors (Lipinski definition) is 1. The lowest BCUT2D eigenvalue weighted by Gasteiger charge is -2.01. The fourth-order valence-corrected chi connectivity index (χ4v) is 3.56. The lowest BCUT2D eigenvalue weighted by Crippen LogP contribution is -1.98. The quantitative estimate of drug-likeness (QED) is 0.527. The monoisotopic (exact) mass is 335 g/mol. The third-order valence-corrected chi connectivity index (χ3v) is 4.77. The topological polar surface area (TPSA) is 51.0 Å². The second-order valence-corrected chi connectivity index (χ2v) is 6.56. The van der Waals surface area contributed by atoms with Gasteiger partial charge in [-0.1, -0.05) is 48.6 Å². The molecule has 120 valence electrons. The summed E-state index contributed by atoms with van der Waals surface area (Å²) in [5.74, 6) is 0.791. The summed E-state index contributed by atoms with van der Waals surface area (Å²) in [5, 5.41) is 4.31. The molecule has 4 nitrogen and oxygen atoms in total. The third-order valence-electron chi connectivity index (χ3n) is 3.79. The molecule has 0 amide bonds. The molecule has 2 aromatic carbocycles. The molecular formula is C19H17N3OS. The van der Waals surface area contributed by atoms with Gasteiger partial charge in [0.05, 0.1) is 10.2 Å². The van der Waals surface area contributed by atoms with Crippen LogP contribution in [0.25, 0.3) is 32.8 Å². The van der Waals surface area contributed by atoms with Gasteiger partial charge in [-0.25, -0.2) is 9.97 Å². The van der Waals surface area contributed by atoms with Crippen molar-refractivity contribution in [2.24, 2.45) is 0 Å². The molecule has 0 aliphatic carbocycles. The van der Waals surface area contributed by atoms with Crippen LogP contribution < -0.4 is 5.32 Å². The molecule has 0 aliphatic heterocycles. The fourth-order valence-electron chi connectivity index (χ4n) is 2.63. The SMILES string of the molecule is CCCNc1nc2ccc(-c3ocnc3-c3ccccc3)cc2s1. The first-order valence-electron chi connectivity index (χ1n) is 7.99. The molecule has 0 saturated heterocycles. The van der Waals surface area contributed by atoms with Gasteiger partial charge >= 0.3 is 0 Å². The van der Waals surface area contributed by atoms with E-state index in [1.807, 2.05) is 42.5 Å². The van der Waals surface area contributed by atoms with Crippen LogP contribution in [-0.4, -0.2) is 16.5 Å². The highest BCUT2D eigenvalue weighted by Crippen LogP contribution is 2.35. The molecule has 0 unspecified atom stereocenters. The van der Waals surface area contributed by atoms with Crippen molar-refractivity contribution in [3.05, 3.63) is 54.9 Å². The van der Waals surface area contributed by atoms with Gasteiger partial charge in [0.1, 0.15) is 5.69 Å². The smallest absolute Gasteiger partial charge is 0.183 e. The zero-order chi connectivity index (χ0) is 16.4. The average Bonchev–Trinajstić information content (AvgIpc) is 3.26. The number of thiazole rings is 1. The second kappa shape index (κ2) is 6.45. The highest BCUT2D eigenvalue weighted by molar-refractivity contribution is 7.22. The largest absolute Gasteiger partial charge is 0.443 e. The number of nitrogens with zero attached hydrogens (tertiary/aromatic N) is 2. The molecule has 2 heterocycles. The molecule has 5 heteroatoms. The molecule has 0 bridgehead atoms. The Hall–Kier alpha value is -2.66. The summed E-state index contributed by atoms with van der Waals surface area (Å²) in [6.07, 6.45) is 2.59. The summed E-state index contributed by atoms with van der Waals surface area (Å²) < 4.78 is 6.82. The van der Waals surface area contributed by atoms with E-state index in [1.54, 1.807) is 11.3 Å². The summed E-state index contributed by atoms with van der Waals surface area (Å²) >= 11 is 1.67. The van der Waals surface area contributed by atoms with Crippen LogP contribution in [-0.2, 0) is 0 Å². The highest BCUT2D eigenvalue weighted by Gasteiger charge is 2.14. The van der Waals surface area contributed by atoms with Crippen LogP contribution in [0.3, 0.4) is 0 Å². The van der Waals surface area contributed by atoms with E-state index in [-0.39, 0.29) is 0 Å². The molecule has 0 aliphatic rings. The Kier molecular flexibility index (Phi) is 4.01. The molecule has 24 heavy (non-hydrogen) atoms. The van der Waals surface area contributed by atoms with E-state index in [9.17, 15) is 0 Å². The van der Waals surface area contributed by atoms with Crippen LogP contribution in [0.15, 0.2) is 59.3 Å². The Morgan fingerprint density at radius 1 is 1.08 bits per heavy atom. The van der Waals surface area contributed by atoms with Crippen LogP contribution in [0.5, 0.6) is 0 Å². The van der Waals surface area contributed by atoms with Crippen molar-refractivity contribution >= 4 is 26.7 Å². The summed E-state index contributed by atoms with van der Waals surface area (Å²) in [7, 11) is 0. The summed E-state index contributed by atoms with van der Waals surface area (Å²) in [6, 6.07) is 16.3. The van der Waals surface area contributed by atoms with Gasteiger partial charge in [-0.3, -0.25) is 0 Å². The van der Waals surface area contributed by atoms with E-state index < -0.39 is 0 Å². The van der Waals surface area contributed by atoms with E-state index in [0.29, 0.717) is 0 Å². The maximum Gasteiger partial charge on any atom is 0.183 e. The van der Waals surface area contributed by atoms with Crippen molar-refractivity contribution in [3.63, 3.8) is 0 Å². The summed E-state index contributed by atoms with van der Waals surface area (Å²) in [6.45, 7) is 3.08. The average molecular weight is 335 g/mol. The number of benzene rings is 2. The Balaban J connectivity index is 1.74. The Morgan fingerprint density at radius 3 is 2.79 bits per heavy atom. The van der Waals surface area contributed by atoms with Crippen LogP contribution in [0.4, 0.5) is 5.13 Å². The van der Waals surface area contributed by atoms with Crippen LogP contribution >= 0.6 is 11.3 Å². The maximum absolute atomic E-state index is 5.68. The van der Waals surface area contributed by atoms with Gasteiger partial charge in [-0.05, 0) is 24.6 Å². The van der Waals surface area contributed by atoms with Crippen LogP contribution in [0.2, 0.25) is 0 Å². The third kappa shape index (κ3) is 2.78. The van der Waals surface area contributed by atoms with Crippen molar-refractivity contribution in [3.8, 4) is 22.6 Å². The normalized spacial score (nSPS) is 11.0. The van der Waals surface area contributed by atoms with Crippen molar-refractivity contribution in [1.82, 2.24) is 9.97 Å². The predicted molar refractivity (Wildman–Crippen MR) is 99.3 cm³/mol. The highest BCUT2D eigenvalue weighted by atomic mass is 32.1. The molecule has 2 aromatic heterocycles. The molecule has 0 radical (unpaired) electrons. The van der Waals surface area contributed by atoms with E-state index in [4.69, 9.17) is 4.42 Å². The lowest BCUT2D eigenvalue weighted by molar-refractivity contribution is 0.572. The summed E-state index contributed by atoms with van der Waals surface area (Å²) in [4.78, 5) is 9.01. The fraction of sp³-hybridized carbons (Fsp3) is 0.158. The minimum atomic E-state index is 0.791. The van der Waals surface area contributed by atoms with E-state index in [1.165, 1.54) is 6.39 Å². The molecule has 4 rings (SSSR count). The molecular weight excluding hydrogens is 318 g/mol. The van der Waals surface area contributed by atoms with Crippen LogP contribution in [0, 0.1) is 0 Å². The van der Waals surface area contributed by atoms with Gasteiger partial charge in [-0.2, -0.15) is 0 Å². The Morgan fingerprint density at radius 2 is 1.96 bits per heavy atom. The summed E-state index contributed by atoms with van der Waals surface area (Å²) in [5.41, 5.74) is 3.94. The predicted octanol–water partition coefficient (Wildman–Crippen LogP) is 5.44. The van der Waals surface area contributed by atoms with Crippen LogP contribution in [0.1, 0.15) is 13.3 Å². The van der Waals surface area contributed by atoms with E-state index in [0.717, 1.165) is 50.9 Å². The number of anilines is 1. The van der Waals surface area contributed by atoms with Crippen molar-refractivity contribution < 1.29 is 4.42 Å². The van der Waals surface area contributed by atoms with Gasteiger partial charge in [0, 0.05) is 17.7 Å². The number of rotatable bonds is 5. The lowest BCUT2D eigenvalue weighted by atomic mass is 10.1. The molecule has 4 aromatic rings. The zero-order valence-electron chi connectivity index (χ0n) is 13.3. The first-order chi connectivity index (χ1) is 11.8. The van der Waals surface area contributed by atoms with Gasteiger partial charge in [0.25, 0.3) is 0 Å². The van der Waals surface area contributed by atoms with E-state index >= 15 is 0 Å². The molecule has 0 spiro atoms. The second-order valence-electron chi connectivity index (χ2n) is 5.52. The number of nitrogens with one attached hydrogen (secondary N) is 1. The van der Waals surface area contributed by atoms with Crippen molar-refractivity contribution in [2.45, 2.75) is 13.3 Å². The maximum atomic E-state index is 5.68. The van der Waals surface area contributed by atoms with Gasteiger partial charge in [0.15, 0.2) is 17.3 Å². The van der Waals surface area contributed by atoms with E-state index in [2.05, 4.69) is 28.3 Å². The van der Waals surface area contributed by atoms with Crippen molar-refractivity contribution in [2.75, 3.05) is 11.9 Å². The van der Waals surface area contributed by atoms with Crippen molar-refractivity contribution in [1.29, 1.82) is 0 Å². The number of hydrogen-bond acceptors (Lipinski definition) is 5. The standard InChI is InChI=1S/C19H17N3OS/c1-2-10-20-19-22-15-9-8-14(11-16(15)24-19)18-17(21-12-23-18)13-6-4-3-5-7-13/h3-9,11-12H,2,10H2,1H3,(H,20,22). The van der Waals surface area contributed by atoms with Gasteiger partial charge in [0.2, 0.25) is 0 Å². The zero-order valence-corrected chi connectivity index (χ0v) is 14.1. The molecule has 0 fully saturated rings. The van der Waals surface area contributed by atoms with Gasteiger partial charge < -0.3 is 9.73 Å². The Labute approximate surface area is 144 Å². The minimum Gasteiger partial charge on any atom is -0.443 e. The minimum absolute atomic E-state index is 0.791. The number of aromatic nitrogens is 2. The number of oxazole rings is 1. The Bertz CT molecular complexity index is 959. The number of fused-ring (bicyclic) bond motifs is 1. The molecule has 1 N–H and O–H groups in total. The first-order valence-corrected chi connectivity index (χ1v) is 8.80. The molecule has 0 saturated carbocycles. The molecule has 0 atom stereocenters.